The van der Waals surface area contributed by atoms with E-state index in [1.807, 2.05) is 4.90 Å². The smallest absolute Gasteiger partial charge is 0.254 e. The van der Waals surface area contributed by atoms with Crippen LogP contribution in [0.15, 0.2) is 23.6 Å². The van der Waals surface area contributed by atoms with E-state index in [4.69, 9.17) is 27.9 Å². The number of hydrogen-bond acceptors (Lipinski definition) is 7. The van der Waals surface area contributed by atoms with Crippen molar-refractivity contribution in [3.8, 4) is 0 Å². The van der Waals surface area contributed by atoms with Crippen molar-refractivity contribution >= 4 is 57.4 Å². The Morgan fingerprint density at radius 3 is 2.57 bits per heavy atom. The zero-order valence-electron chi connectivity index (χ0n) is 19.8. The maximum absolute atomic E-state index is 12.9. The minimum Gasteiger partial charge on any atom is -0.383 e. The van der Waals surface area contributed by atoms with Crippen LogP contribution in [0.4, 0.5) is 5.13 Å². The van der Waals surface area contributed by atoms with Crippen LogP contribution in [0.5, 0.6) is 0 Å². The number of halogens is 2. The summed E-state index contributed by atoms with van der Waals surface area (Å²) in [6, 6.07) is 4.56. The number of benzene rings is 1. The quantitative estimate of drug-likeness (QED) is 0.496. The third-order valence-electron chi connectivity index (χ3n) is 5.66. The number of ether oxygens (including phenoxy) is 1. The van der Waals surface area contributed by atoms with Crippen LogP contribution < -0.4 is 5.32 Å². The van der Waals surface area contributed by atoms with E-state index in [1.165, 1.54) is 35.5 Å². The van der Waals surface area contributed by atoms with Crippen molar-refractivity contribution in [2.75, 3.05) is 64.8 Å². The molecule has 1 saturated heterocycles. The summed E-state index contributed by atoms with van der Waals surface area (Å²) in [6.45, 7) is 6.55. The predicted molar refractivity (Wildman–Crippen MR) is 137 cm³/mol. The summed E-state index contributed by atoms with van der Waals surface area (Å²) in [4.78, 5) is 48.1. The normalized spacial score (nSPS) is 14.1. The molecular weight excluding hydrogens is 513 g/mol. The molecule has 3 rings (SSSR count). The number of nitrogens with zero attached hydrogens (tertiary/aromatic N) is 4. The summed E-state index contributed by atoms with van der Waals surface area (Å²) in [5, 5.41) is 5.45. The van der Waals surface area contributed by atoms with Crippen LogP contribution in [0.1, 0.15) is 23.0 Å². The summed E-state index contributed by atoms with van der Waals surface area (Å²) in [7, 11) is 1.52. The first-order chi connectivity index (χ1) is 16.8. The first-order valence-corrected chi connectivity index (χ1v) is 12.9. The van der Waals surface area contributed by atoms with Gasteiger partial charge >= 0.3 is 0 Å². The molecule has 0 atom stereocenters. The van der Waals surface area contributed by atoms with Gasteiger partial charge in [-0.3, -0.25) is 14.4 Å². The second-order valence-electron chi connectivity index (χ2n) is 8.03. The third-order valence-corrected chi connectivity index (χ3v) is 7.20. The molecule has 9 nitrogen and oxygen atoms in total. The van der Waals surface area contributed by atoms with Gasteiger partial charge in [0.1, 0.15) is 6.54 Å². The second-order valence-corrected chi connectivity index (χ2v) is 9.70. The molecule has 1 aliphatic heterocycles. The van der Waals surface area contributed by atoms with E-state index >= 15 is 0 Å². The van der Waals surface area contributed by atoms with Crippen molar-refractivity contribution in [1.82, 2.24) is 19.7 Å². The van der Waals surface area contributed by atoms with Crippen LogP contribution in [-0.4, -0.2) is 96.9 Å². The third kappa shape index (κ3) is 7.88. The Balaban J connectivity index is 1.56. The molecular formula is C23H29Cl2N5O4S. The Bertz CT molecular complexity index is 1040. The Morgan fingerprint density at radius 2 is 1.91 bits per heavy atom. The number of thiazole rings is 1. The number of methoxy groups -OCH3 is 1. The molecule has 1 fully saturated rings. The van der Waals surface area contributed by atoms with Crippen LogP contribution in [0.2, 0.25) is 10.0 Å². The lowest BCUT2D eigenvalue weighted by Gasteiger charge is -2.34. The lowest BCUT2D eigenvalue weighted by molar-refractivity contribution is -0.132. The predicted octanol–water partition coefficient (Wildman–Crippen LogP) is 2.88. The molecule has 190 valence electrons. The molecule has 0 aliphatic carbocycles. The molecule has 0 bridgehead atoms. The fraction of sp³-hybridized carbons (Fsp3) is 0.478. The van der Waals surface area contributed by atoms with Crippen molar-refractivity contribution in [2.24, 2.45) is 0 Å². The maximum atomic E-state index is 12.9. The molecule has 12 heteroatoms. The van der Waals surface area contributed by atoms with Crippen LogP contribution >= 0.6 is 34.5 Å². The first kappa shape index (κ1) is 27.3. The van der Waals surface area contributed by atoms with Gasteiger partial charge in [-0.15, -0.1) is 11.3 Å². The lowest BCUT2D eigenvalue weighted by Crippen LogP contribution is -2.48. The van der Waals surface area contributed by atoms with Gasteiger partial charge in [-0.05, 0) is 24.7 Å². The Morgan fingerprint density at radius 1 is 1.17 bits per heavy atom. The van der Waals surface area contributed by atoms with Gasteiger partial charge in [0.25, 0.3) is 5.91 Å². The van der Waals surface area contributed by atoms with E-state index in [1.54, 1.807) is 11.4 Å². The molecule has 2 aromatic rings. The molecule has 0 radical (unpaired) electrons. The van der Waals surface area contributed by atoms with E-state index in [0.29, 0.717) is 34.5 Å². The molecule has 2 heterocycles. The standard InChI is InChI=1S/C23H29Cl2N5O4S/c1-3-28-6-8-29(9-7-28)21(32)13-17-15-35-23(26-17)27-20(31)14-30(10-11-34-2)22(33)16-4-5-18(24)19(25)12-16/h4-5,12,15H,3,6-11,13-14H2,1-2H3,(H,26,27,31). The van der Waals surface area contributed by atoms with Crippen LogP contribution in [0.25, 0.3) is 0 Å². The van der Waals surface area contributed by atoms with Gasteiger partial charge < -0.3 is 24.8 Å². The molecule has 0 unspecified atom stereocenters. The highest BCUT2D eigenvalue weighted by atomic mass is 35.5. The average molecular weight is 542 g/mol. The van der Waals surface area contributed by atoms with E-state index in [9.17, 15) is 14.4 Å². The molecule has 3 amide bonds. The summed E-state index contributed by atoms with van der Waals surface area (Å²) in [6.07, 6.45) is 0.189. The van der Waals surface area contributed by atoms with E-state index in [0.717, 1.165) is 19.6 Å². The molecule has 1 aromatic carbocycles. The summed E-state index contributed by atoms with van der Waals surface area (Å²) in [5.41, 5.74) is 0.925. The fourth-order valence-corrected chi connectivity index (χ4v) is 4.65. The molecule has 0 saturated carbocycles. The zero-order chi connectivity index (χ0) is 25.4. The number of carbonyl (C=O) groups is 3. The van der Waals surface area contributed by atoms with Crippen molar-refractivity contribution < 1.29 is 19.1 Å². The van der Waals surface area contributed by atoms with Gasteiger partial charge in [0.15, 0.2) is 5.13 Å². The lowest BCUT2D eigenvalue weighted by atomic mass is 10.2. The summed E-state index contributed by atoms with van der Waals surface area (Å²) < 4.78 is 5.08. The van der Waals surface area contributed by atoms with Gasteiger partial charge in [-0.1, -0.05) is 30.1 Å². The van der Waals surface area contributed by atoms with Crippen molar-refractivity contribution in [1.29, 1.82) is 0 Å². The van der Waals surface area contributed by atoms with Gasteiger partial charge in [0.2, 0.25) is 11.8 Å². The molecule has 1 aliphatic rings. The number of aromatic nitrogens is 1. The zero-order valence-corrected chi connectivity index (χ0v) is 22.1. The highest BCUT2D eigenvalue weighted by Crippen LogP contribution is 2.23. The first-order valence-electron chi connectivity index (χ1n) is 11.3. The van der Waals surface area contributed by atoms with Crippen molar-refractivity contribution in [2.45, 2.75) is 13.3 Å². The van der Waals surface area contributed by atoms with Gasteiger partial charge in [-0.25, -0.2) is 4.98 Å². The Labute approximate surface area is 218 Å². The number of amides is 3. The minimum atomic E-state index is -0.405. The van der Waals surface area contributed by atoms with Gasteiger partial charge in [0, 0.05) is 50.8 Å². The Hall–Kier alpha value is -2.24. The van der Waals surface area contributed by atoms with Crippen LogP contribution in [0, 0.1) is 0 Å². The molecule has 1 N–H and O–H groups in total. The Kier molecular flexibility index (Phi) is 10.3. The number of likely N-dealkylation sites (N-methyl/N-ethyl adjacent to an activating group) is 1. The highest BCUT2D eigenvalue weighted by molar-refractivity contribution is 7.13. The maximum Gasteiger partial charge on any atom is 0.254 e. The number of piperazine rings is 1. The van der Waals surface area contributed by atoms with Gasteiger partial charge in [-0.2, -0.15) is 0 Å². The SMILES string of the molecule is CCN1CCN(C(=O)Cc2csc(NC(=O)CN(CCOC)C(=O)c3ccc(Cl)c(Cl)c3)n2)CC1. The van der Waals surface area contributed by atoms with E-state index in [2.05, 4.69) is 22.1 Å². The van der Waals surface area contributed by atoms with Crippen molar-refractivity contribution in [3.63, 3.8) is 0 Å². The average Bonchev–Trinajstić information content (AvgIpc) is 3.29. The fourth-order valence-electron chi connectivity index (χ4n) is 3.62. The van der Waals surface area contributed by atoms with E-state index in [-0.39, 0.29) is 43.0 Å². The topological polar surface area (TPSA) is 95.1 Å². The number of hydrogen-bond donors (Lipinski definition) is 1. The molecule has 0 spiro atoms. The number of nitrogens with one attached hydrogen (secondary N) is 1. The number of carbonyl (C=O) groups excluding carboxylic acids is 3. The second kappa shape index (κ2) is 13.2. The molecule has 1 aromatic heterocycles. The largest absolute Gasteiger partial charge is 0.383 e. The summed E-state index contributed by atoms with van der Waals surface area (Å²) in [5.74, 6) is -0.747. The van der Waals surface area contributed by atoms with Crippen molar-refractivity contribution in [3.05, 3.63) is 44.9 Å². The van der Waals surface area contributed by atoms with E-state index < -0.39 is 5.91 Å². The molecule has 35 heavy (non-hydrogen) atoms. The minimum absolute atomic E-state index is 0.0295. The summed E-state index contributed by atoms with van der Waals surface area (Å²) >= 11 is 13.2. The van der Waals surface area contributed by atoms with Crippen LogP contribution in [-0.2, 0) is 20.7 Å². The monoisotopic (exact) mass is 541 g/mol. The highest BCUT2D eigenvalue weighted by Gasteiger charge is 2.22. The number of anilines is 1. The van der Waals surface area contributed by atoms with Gasteiger partial charge in [0.05, 0.1) is 28.8 Å². The van der Waals surface area contributed by atoms with Crippen LogP contribution in [0.3, 0.4) is 0 Å². The number of rotatable bonds is 10.